The number of imide groups is 1. The molecule has 2 heterocycles. The Bertz CT molecular complexity index is 1840. The molecule has 1 aliphatic heterocycles. The summed E-state index contributed by atoms with van der Waals surface area (Å²) in [5.41, 5.74) is 2.02. The third-order valence-corrected chi connectivity index (χ3v) is 8.98. The average molecular weight is 576 g/mol. The number of carbonyl (C=O) groups excluding carboxylic acids is 4. The molecule has 3 aliphatic rings. The molecule has 3 fully saturated rings. The summed E-state index contributed by atoms with van der Waals surface area (Å²) >= 11 is 0. The fourth-order valence-corrected chi connectivity index (χ4v) is 7.04. The third-order valence-electron chi connectivity index (χ3n) is 8.98. The first-order chi connectivity index (χ1) is 20.8. The Hall–Kier alpha value is -5.25. The minimum Gasteiger partial charge on any atom is -0.454 e. The Kier molecular flexibility index (Phi) is 6.34. The first-order valence-electron chi connectivity index (χ1n) is 14.1. The standard InChI is InChI=1S/C33H25N3O7/c37-28(19-6-4-8-23(15-19)36(41)42)17-43-33(40)25-16-27(34-26-10-2-1-9-24(25)26)18-5-3-7-22(14-18)35-31(38)29-20-11-12-21(13-20)30(29)32(35)39/h1-10,14-16,20-21,29-30H,11-13,17H2/t20-,21-,29-,30-/m0/s1. The SMILES string of the molecule is O=C(COC(=O)c1cc(-c2cccc(N3C(=O)[C@H]4[C@H]5CC[C@@H](C5)[C@@H]4C3=O)c2)nc2ccccc12)c1cccc([N+](=O)[O-])c1. The molecule has 10 nitrogen and oxygen atoms in total. The van der Waals surface area contributed by atoms with Crippen LogP contribution in [0.5, 0.6) is 0 Å². The van der Waals surface area contributed by atoms with E-state index in [1.807, 2.05) is 0 Å². The second-order valence-corrected chi connectivity index (χ2v) is 11.3. The van der Waals surface area contributed by atoms with E-state index in [0.717, 1.165) is 25.3 Å². The number of non-ortho nitro benzene ring substituents is 1. The van der Waals surface area contributed by atoms with Gasteiger partial charge in [-0.25, -0.2) is 9.78 Å². The number of Topliss-reactive ketones (excluding diaryl/α,β-unsaturated/α-hetero) is 1. The van der Waals surface area contributed by atoms with Gasteiger partial charge in [0.05, 0.1) is 39.2 Å². The molecule has 4 atom stereocenters. The minimum atomic E-state index is -0.761. The number of benzene rings is 3. The summed E-state index contributed by atoms with van der Waals surface area (Å²) in [4.78, 5) is 69.3. The van der Waals surface area contributed by atoms with E-state index in [1.54, 1.807) is 54.6 Å². The molecule has 214 valence electrons. The fourth-order valence-electron chi connectivity index (χ4n) is 7.04. The van der Waals surface area contributed by atoms with E-state index in [4.69, 9.17) is 9.72 Å². The van der Waals surface area contributed by atoms with Gasteiger partial charge in [0.1, 0.15) is 0 Å². The van der Waals surface area contributed by atoms with Crippen LogP contribution in [0.2, 0.25) is 0 Å². The Morgan fingerprint density at radius 2 is 1.63 bits per heavy atom. The van der Waals surface area contributed by atoms with Crippen LogP contribution >= 0.6 is 0 Å². The molecule has 2 bridgehead atoms. The molecular formula is C33H25N3O7. The van der Waals surface area contributed by atoms with Crippen molar-refractivity contribution in [1.29, 1.82) is 0 Å². The van der Waals surface area contributed by atoms with Crippen LogP contribution in [-0.4, -0.2) is 40.1 Å². The van der Waals surface area contributed by atoms with Crippen molar-refractivity contribution >= 4 is 45.8 Å². The van der Waals surface area contributed by atoms with Crippen molar-refractivity contribution in [3.8, 4) is 11.3 Å². The molecular weight excluding hydrogens is 550 g/mol. The van der Waals surface area contributed by atoms with Crippen LogP contribution < -0.4 is 4.90 Å². The van der Waals surface area contributed by atoms with Crippen LogP contribution in [0.15, 0.2) is 78.9 Å². The summed E-state index contributed by atoms with van der Waals surface area (Å²) in [5, 5.41) is 11.6. The van der Waals surface area contributed by atoms with Gasteiger partial charge in [0.2, 0.25) is 17.6 Å². The zero-order valence-corrected chi connectivity index (χ0v) is 22.8. The van der Waals surface area contributed by atoms with Crippen LogP contribution in [-0.2, 0) is 14.3 Å². The third kappa shape index (κ3) is 4.46. The maximum Gasteiger partial charge on any atom is 0.339 e. The number of rotatable bonds is 7. The first kappa shape index (κ1) is 26.6. The lowest BCUT2D eigenvalue weighted by molar-refractivity contribution is -0.384. The number of hydrogen-bond acceptors (Lipinski definition) is 8. The lowest BCUT2D eigenvalue weighted by Crippen LogP contribution is -2.32. The van der Waals surface area contributed by atoms with Crippen molar-refractivity contribution in [2.24, 2.45) is 23.7 Å². The van der Waals surface area contributed by atoms with E-state index in [9.17, 15) is 29.3 Å². The van der Waals surface area contributed by atoms with Crippen molar-refractivity contribution in [2.45, 2.75) is 19.3 Å². The summed E-state index contributed by atoms with van der Waals surface area (Å²) in [6, 6.07) is 20.8. The molecule has 4 aromatic rings. The lowest BCUT2D eigenvalue weighted by Gasteiger charge is -2.19. The molecule has 7 rings (SSSR count). The lowest BCUT2D eigenvalue weighted by atomic mass is 9.81. The number of fused-ring (bicyclic) bond motifs is 6. The van der Waals surface area contributed by atoms with E-state index < -0.39 is 23.3 Å². The molecule has 3 aromatic carbocycles. The van der Waals surface area contributed by atoms with E-state index >= 15 is 0 Å². The molecule has 0 unspecified atom stereocenters. The van der Waals surface area contributed by atoms with Crippen molar-refractivity contribution in [3.63, 3.8) is 0 Å². The van der Waals surface area contributed by atoms with Crippen molar-refractivity contribution in [1.82, 2.24) is 4.98 Å². The number of nitro groups is 1. The van der Waals surface area contributed by atoms with Crippen LogP contribution in [0.4, 0.5) is 11.4 Å². The van der Waals surface area contributed by atoms with Crippen LogP contribution in [0.1, 0.15) is 40.0 Å². The number of ether oxygens (including phenoxy) is 1. The van der Waals surface area contributed by atoms with Crippen LogP contribution in [0.3, 0.4) is 0 Å². The highest BCUT2D eigenvalue weighted by Gasteiger charge is 2.61. The summed E-state index contributed by atoms with van der Waals surface area (Å²) in [6.45, 7) is -0.606. The molecule has 0 spiro atoms. The first-order valence-corrected chi connectivity index (χ1v) is 14.1. The van der Waals surface area contributed by atoms with Gasteiger partial charge in [-0.05, 0) is 55.4 Å². The maximum atomic E-state index is 13.4. The number of pyridine rings is 1. The van der Waals surface area contributed by atoms with Gasteiger partial charge in [-0.15, -0.1) is 0 Å². The van der Waals surface area contributed by atoms with Gasteiger partial charge in [-0.3, -0.25) is 29.4 Å². The molecule has 2 aliphatic carbocycles. The van der Waals surface area contributed by atoms with Crippen molar-refractivity contribution < 1.29 is 28.8 Å². The number of hydrogen-bond donors (Lipinski definition) is 0. The Labute approximate surface area is 245 Å². The average Bonchev–Trinajstić information content (AvgIpc) is 3.72. The number of aromatic nitrogens is 1. The summed E-state index contributed by atoms with van der Waals surface area (Å²) in [7, 11) is 0. The number of ketones is 1. The molecule has 1 aromatic heterocycles. The highest BCUT2D eigenvalue weighted by atomic mass is 16.6. The van der Waals surface area contributed by atoms with E-state index in [-0.39, 0.29) is 52.3 Å². The molecule has 1 saturated heterocycles. The van der Waals surface area contributed by atoms with Gasteiger partial charge in [0, 0.05) is 28.6 Å². The van der Waals surface area contributed by atoms with Gasteiger partial charge >= 0.3 is 5.97 Å². The Balaban J connectivity index is 1.17. The zero-order chi connectivity index (χ0) is 29.8. The zero-order valence-electron chi connectivity index (χ0n) is 22.8. The molecule has 0 N–H and O–H groups in total. The monoisotopic (exact) mass is 575 g/mol. The molecule has 0 radical (unpaired) electrons. The molecule has 2 amide bonds. The number of carbonyl (C=O) groups is 4. The largest absolute Gasteiger partial charge is 0.454 e. The number of amides is 2. The molecule has 2 saturated carbocycles. The number of esters is 1. The van der Waals surface area contributed by atoms with E-state index in [1.165, 1.54) is 23.1 Å². The normalized spacial score (nSPS) is 22.2. The number of nitrogens with zero attached hydrogens (tertiary/aromatic N) is 3. The van der Waals surface area contributed by atoms with Crippen molar-refractivity contribution in [3.05, 3.63) is 100 Å². The summed E-state index contributed by atoms with van der Waals surface area (Å²) in [6.07, 6.45) is 2.95. The predicted molar refractivity (Wildman–Crippen MR) is 155 cm³/mol. The van der Waals surface area contributed by atoms with Gasteiger partial charge < -0.3 is 4.74 Å². The number of anilines is 1. The van der Waals surface area contributed by atoms with Gasteiger partial charge in [0.15, 0.2) is 6.61 Å². The second kappa shape index (κ2) is 10.2. The minimum absolute atomic E-state index is 0.0576. The topological polar surface area (TPSA) is 137 Å². The smallest absolute Gasteiger partial charge is 0.339 e. The number of nitro benzene ring substituents is 1. The van der Waals surface area contributed by atoms with Crippen LogP contribution in [0, 0.1) is 33.8 Å². The quantitative estimate of drug-likeness (QED) is 0.0941. The maximum absolute atomic E-state index is 13.4. The highest BCUT2D eigenvalue weighted by Crippen LogP contribution is 2.56. The van der Waals surface area contributed by atoms with E-state index in [2.05, 4.69) is 0 Å². The van der Waals surface area contributed by atoms with Gasteiger partial charge in [-0.2, -0.15) is 0 Å². The molecule has 43 heavy (non-hydrogen) atoms. The Morgan fingerprint density at radius 3 is 2.37 bits per heavy atom. The van der Waals surface area contributed by atoms with E-state index in [0.29, 0.717) is 27.8 Å². The highest BCUT2D eigenvalue weighted by molar-refractivity contribution is 6.22. The van der Waals surface area contributed by atoms with Gasteiger partial charge in [-0.1, -0.05) is 42.5 Å². The summed E-state index contributed by atoms with van der Waals surface area (Å²) in [5.74, 6) is -1.53. The Morgan fingerprint density at radius 1 is 0.907 bits per heavy atom. The van der Waals surface area contributed by atoms with Crippen molar-refractivity contribution in [2.75, 3.05) is 11.5 Å². The number of para-hydroxylation sites is 1. The predicted octanol–water partition coefficient (Wildman–Crippen LogP) is 5.39. The summed E-state index contributed by atoms with van der Waals surface area (Å²) < 4.78 is 5.36. The van der Waals surface area contributed by atoms with Crippen LogP contribution in [0.25, 0.3) is 22.2 Å². The second-order valence-electron chi connectivity index (χ2n) is 11.3. The fraction of sp³-hybridized carbons (Fsp3) is 0.242. The molecule has 10 heteroatoms. The van der Waals surface area contributed by atoms with Gasteiger partial charge in [0.25, 0.3) is 5.69 Å².